The van der Waals surface area contributed by atoms with Gasteiger partial charge in [-0.05, 0) is 12.1 Å². The zero-order valence-corrected chi connectivity index (χ0v) is 9.98. The molecule has 6 nitrogen and oxygen atoms in total. The first-order valence-electron chi connectivity index (χ1n) is 4.88. The number of anilines is 1. The minimum Gasteiger partial charge on any atom is -0.394 e. The van der Waals surface area contributed by atoms with Gasteiger partial charge in [-0.2, -0.15) is 0 Å². The van der Waals surface area contributed by atoms with Crippen molar-refractivity contribution in [1.29, 1.82) is 0 Å². The number of aliphatic hydroxyl groups excluding tert-OH is 1. The Morgan fingerprint density at radius 1 is 1.65 bits per heavy atom. The van der Waals surface area contributed by atoms with Gasteiger partial charge in [0.1, 0.15) is 5.69 Å². The fourth-order valence-electron chi connectivity index (χ4n) is 1.34. The maximum absolute atomic E-state index is 10.8. The summed E-state index contributed by atoms with van der Waals surface area (Å²) < 4.78 is 4.87. The predicted octanol–water partition coefficient (Wildman–Crippen LogP) is 1.67. The second-order valence-corrected chi connectivity index (χ2v) is 3.83. The molecule has 0 saturated carbocycles. The standard InChI is InChI=1S/C10H13ClN2O4/c1-17-6-8(5-14)12-9-4-7(11)2-3-10(9)13(15)16/h2-4,8,12,14H,5-6H2,1H3. The first-order chi connectivity index (χ1) is 8.08. The normalized spacial score (nSPS) is 12.2. The number of rotatable bonds is 6. The average molecular weight is 261 g/mol. The van der Waals surface area contributed by atoms with Crippen molar-refractivity contribution in [2.45, 2.75) is 6.04 Å². The molecule has 0 aliphatic rings. The van der Waals surface area contributed by atoms with Crippen molar-refractivity contribution in [1.82, 2.24) is 0 Å². The first-order valence-corrected chi connectivity index (χ1v) is 5.26. The predicted molar refractivity (Wildman–Crippen MR) is 64.5 cm³/mol. The van der Waals surface area contributed by atoms with E-state index in [2.05, 4.69) is 5.32 Å². The van der Waals surface area contributed by atoms with Gasteiger partial charge in [-0.25, -0.2) is 0 Å². The fraction of sp³-hybridized carbons (Fsp3) is 0.400. The van der Waals surface area contributed by atoms with Crippen molar-refractivity contribution < 1.29 is 14.8 Å². The van der Waals surface area contributed by atoms with Crippen LogP contribution in [0.5, 0.6) is 0 Å². The van der Waals surface area contributed by atoms with E-state index >= 15 is 0 Å². The molecule has 0 fully saturated rings. The Balaban J connectivity index is 2.94. The Morgan fingerprint density at radius 3 is 2.88 bits per heavy atom. The number of hydrogen-bond acceptors (Lipinski definition) is 5. The molecule has 0 bridgehead atoms. The Morgan fingerprint density at radius 2 is 2.35 bits per heavy atom. The molecule has 0 aliphatic heterocycles. The molecule has 1 aromatic rings. The highest BCUT2D eigenvalue weighted by Crippen LogP contribution is 2.28. The van der Waals surface area contributed by atoms with E-state index in [0.29, 0.717) is 5.02 Å². The van der Waals surface area contributed by atoms with Crippen LogP contribution in [-0.2, 0) is 4.74 Å². The molecule has 1 aromatic carbocycles. The van der Waals surface area contributed by atoms with Crippen LogP contribution in [0.25, 0.3) is 0 Å². The monoisotopic (exact) mass is 260 g/mol. The van der Waals surface area contributed by atoms with Crippen molar-refractivity contribution in [3.63, 3.8) is 0 Å². The number of nitrogens with one attached hydrogen (secondary N) is 1. The van der Waals surface area contributed by atoms with Crippen LogP contribution in [0, 0.1) is 10.1 Å². The molecule has 0 radical (unpaired) electrons. The largest absolute Gasteiger partial charge is 0.394 e. The number of benzene rings is 1. The SMILES string of the molecule is COCC(CO)Nc1cc(Cl)ccc1[N+](=O)[O-]. The van der Waals surface area contributed by atoms with E-state index in [1.807, 2.05) is 0 Å². The lowest BCUT2D eigenvalue weighted by molar-refractivity contribution is -0.384. The zero-order chi connectivity index (χ0) is 12.8. The molecule has 94 valence electrons. The number of methoxy groups -OCH3 is 1. The zero-order valence-electron chi connectivity index (χ0n) is 9.22. The van der Waals surface area contributed by atoms with Crippen LogP contribution in [0.2, 0.25) is 5.02 Å². The summed E-state index contributed by atoms with van der Waals surface area (Å²) >= 11 is 5.77. The highest BCUT2D eigenvalue weighted by Gasteiger charge is 2.17. The second kappa shape index (κ2) is 6.39. The quantitative estimate of drug-likeness (QED) is 0.600. The minimum atomic E-state index is -0.514. The van der Waals surface area contributed by atoms with E-state index in [0.717, 1.165) is 0 Å². The van der Waals surface area contributed by atoms with Crippen molar-refractivity contribution in [2.75, 3.05) is 25.6 Å². The van der Waals surface area contributed by atoms with E-state index < -0.39 is 11.0 Å². The maximum atomic E-state index is 10.8. The van der Waals surface area contributed by atoms with Gasteiger partial charge in [-0.1, -0.05) is 11.6 Å². The lowest BCUT2D eigenvalue weighted by Crippen LogP contribution is -2.29. The molecular formula is C10H13ClN2O4. The molecule has 0 amide bonds. The van der Waals surface area contributed by atoms with E-state index in [1.54, 1.807) is 0 Å². The van der Waals surface area contributed by atoms with Gasteiger partial charge in [-0.15, -0.1) is 0 Å². The summed E-state index contributed by atoms with van der Waals surface area (Å²) in [6, 6.07) is 3.77. The maximum Gasteiger partial charge on any atom is 0.292 e. The number of ether oxygens (including phenoxy) is 1. The van der Waals surface area contributed by atoms with Crippen LogP contribution in [0.3, 0.4) is 0 Å². The molecule has 1 rings (SSSR count). The summed E-state index contributed by atoms with van der Waals surface area (Å²) in [5.74, 6) is 0. The summed E-state index contributed by atoms with van der Waals surface area (Å²) in [6.07, 6.45) is 0. The molecule has 0 aliphatic carbocycles. The van der Waals surface area contributed by atoms with Crippen LogP contribution >= 0.6 is 11.6 Å². The number of nitrogens with zero attached hydrogens (tertiary/aromatic N) is 1. The Hall–Kier alpha value is -1.37. The molecule has 0 spiro atoms. The third kappa shape index (κ3) is 3.85. The van der Waals surface area contributed by atoms with Crippen molar-refractivity contribution >= 4 is 23.0 Å². The summed E-state index contributed by atoms with van der Waals surface area (Å²) in [6.45, 7) is 0.0394. The molecule has 1 atom stereocenters. The van der Waals surface area contributed by atoms with E-state index in [-0.39, 0.29) is 24.6 Å². The van der Waals surface area contributed by atoms with Crippen LogP contribution in [0.15, 0.2) is 18.2 Å². The average Bonchev–Trinajstić information content (AvgIpc) is 2.28. The molecule has 0 heterocycles. The van der Waals surface area contributed by atoms with Gasteiger partial charge in [0, 0.05) is 18.2 Å². The van der Waals surface area contributed by atoms with Crippen LogP contribution in [0.4, 0.5) is 11.4 Å². The van der Waals surface area contributed by atoms with Gasteiger partial charge in [-0.3, -0.25) is 10.1 Å². The summed E-state index contributed by atoms with van der Waals surface area (Å²) in [7, 11) is 1.48. The highest BCUT2D eigenvalue weighted by molar-refractivity contribution is 6.31. The van der Waals surface area contributed by atoms with E-state index in [4.69, 9.17) is 21.4 Å². The van der Waals surface area contributed by atoms with Crippen molar-refractivity contribution in [3.8, 4) is 0 Å². The van der Waals surface area contributed by atoms with Gasteiger partial charge >= 0.3 is 0 Å². The third-order valence-corrected chi connectivity index (χ3v) is 2.34. The van der Waals surface area contributed by atoms with Gasteiger partial charge in [0.2, 0.25) is 0 Å². The van der Waals surface area contributed by atoms with Crippen LogP contribution < -0.4 is 5.32 Å². The molecule has 1 unspecified atom stereocenters. The van der Waals surface area contributed by atoms with Gasteiger partial charge < -0.3 is 15.2 Å². The summed E-state index contributed by atoms with van der Waals surface area (Å²) in [5.41, 5.74) is 0.169. The molecule has 0 saturated heterocycles. The molecule has 2 N–H and O–H groups in total. The number of nitro benzene ring substituents is 1. The Kier molecular flexibility index (Phi) is 5.14. The highest BCUT2D eigenvalue weighted by atomic mass is 35.5. The second-order valence-electron chi connectivity index (χ2n) is 3.40. The minimum absolute atomic E-state index is 0.0936. The molecule has 17 heavy (non-hydrogen) atoms. The topological polar surface area (TPSA) is 84.6 Å². The number of nitro groups is 1. The molecular weight excluding hydrogens is 248 g/mol. The van der Waals surface area contributed by atoms with Crippen LogP contribution in [-0.4, -0.2) is 36.4 Å². The lowest BCUT2D eigenvalue weighted by atomic mass is 10.2. The van der Waals surface area contributed by atoms with Gasteiger partial charge in [0.25, 0.3) is 5.69 Å². The smallest absolute Gasteiger partial charge is 0.292 e. The Bertz CT molecular complexity index is 400. The summed E-state index contributed by atoms with van der Waals surface area (Å²) in [4.78, 5) is 10.3. The lowest BCUT2D eigenvalue weighted by Gasteiger charge is -2.16. The fourth-order valence-corrected chi connectivity index (χ4v) is 1.52. The van der Waals surface area contributed by atoms with Crippen molar-refractivity contribution in [2.24, 2.45) is 0 Å². The molecule has 7 heteroatoms. The Labute approximate surface area is 103 Å². The first kappa shape index (κ1) is 13.7. The number of halogens is 1. The van der Waals surface area contributed by atoms with E-state index in [9.17, 15) is 10.1 Å². The van der Waals surface area contributed by atoms with Gasteiger partial charge in [0.05, 0.1) is 24.2 Å². The summed E-state index contributed by atoms with van der Waals surface area (Å²) in [5, 5.41) is 23.1. The molecule has 0 aromatic heterocycles. The van der Waals surface area contributed by atoms with E-state index in [1.165, 1.54) is 25.3 Å². The van der Waals surface area contributed by atoms with Crippen molar-refractivity contribution in [3.05, 3.63) is 33.3 Å². The number of hydrogen-bond donors (Lipinski definition) is 2. The third-order valence-electron chi connectivity index (χ3n) is 2.10. The van der Waals surface area contributed by atoms with Gasteiger partial charge in [0.15, 0.2) is 0 Å². The number of aliphatic hydroxyl groups is 1. The van der Waals surface area contributed by atoms with Crippen LogP contribution in [0.1, 0.15) is 0 Å².